The molecule has 0 saturated carbocycles. The van der Waals surface area contributed by atoms with Crippen molar-refractivity contribution in [3.8, 4) is 11.6 Å². The maximum absolute atomic E-state index is 5.54. The Morgan fingerprint density at radius 1 is 1.14 bits per heavy atom. The topological polar surface area (TPSA) is 0 Å². The summed E-state index contributed by atoms with van der Waals surface area (Å²) in [5.41, 5.74) is 4.36. The van der Waals surface area contributed by atoms with Crippen LogP contribution in [0, 0.1) is 11.6 Å². The van der Waals surface area contributed by atoms with Gasteiger partial charge in [-0.25, -0.2) is 0 Å². The van der Waals surface area contributed by atoms with Gasteiger partial charge in [0.1, 0.15) is 0 Å². The Kier molecular flexibility index (Phi) is 4.39. The van der Waals surface area contributed by atoms with E-state index in [0.29, 0.717) is 0 Å². The maximum Gasteiger partial charge on any atom is 0.0249 e. The Morgan fingerprint density at radius 2 is 1.71 bits per heavy atom. The maximum atomic E-state index is 5.54. The molecule has 2 heteroatoms. The zero-order chi connectivity index (χ0) is 10.4. The normalized spacial score (nSPS) is 10.4. The molecule has 0 aliphatic rings. The van der Waals surface area contributed by atoms with Gasteiger partial charge in [0, 0.05) is 11.6 Å². The third kappa shape index (κ3) is 3.29. The summed E-state index contributed by atoms with van der Waals surface area (Å²) in [6, 6.07) is 8.69. The highest BCUT2D eigenvalue weighted by atomic mass is 32.4. The van der Waals surface area contributed by atoms with Gasteiger partial charge in [0.05, 0.1) is 0 Å². The van der Waals surface area contributed by atoms with Crippen LogP contribution in [0.5, 0.6) is 0 Å². The largest absolute Gasteiger partial charge is 0.0837 e. The summed E-state index contributed by atoms with van der Waals surface area (Å²) in [5.74, 6) is 3.18. The number of benzene rings is 1. The minimum absolute atomic E-state index is 1.04. The molecule has 0 bridgehead atoms. The Hall–Kier alpha value is -0.570. The van der Waals surface area contributed by atoms with Gasteiger partial charge in [-0.2, -0.15) is 0 Å². The summed E-state index contributed by atoms with van der Waals surface area (Å²) in [7, 11) is 0. The van der Waals surface area contributed by atoms with E-state index in [1.807, 2.05) is 30.3 Å². The number of hydrogen-bond acceptors (Lipinski definition) is 1. The Balaban J connectivity index is 2.88. The average molecular weight is 222 g/mol. The molecule has 0 nitrogen and oxygen atoms in total. The smallest absolute Gasteiger partial charge is 0.0249 e. The monoisotopic (exact) mass is 222 g/mol. The van der Waals surface area contributed by atoms with Gasteiger partial charge in [-0.15, -0.1) is 0 Å². The van der Waals surface area contributed by atoms with Crippen LogP contribution in [0.1, 0.15) is 19.4 Å². The highest BCUT2D eigenvalue weighted by molar-refractivity contribution is 8.17. The van der Waals surface area contributed by atoms with Crippen LogP contribution < -0.4 is 0 Å². The van der Waals surface area contributed by atoms with E-state index in [1.54, 1.807) is 0 Å². The molecule has 0 aliphatic carbocycles. The SMILES string of the molecule is CCP(=S)(C#Cc1ccccc1)CC. The van der Waals surface area contributed by atoms with Crippen molar-refractivity contribution in [2.45, 2.75) is 13.8 Å². The van der Waals surface area contributed by atoms with E-state index >= 15 is 0 Å². The molecule has 0 spiro atoms. The fourth-order valence-electron chi connectivity index (χ4n) is 1.07. The molecule has 0 fully saturated rings. The lowest BCUT2D eigenvalue weighted by Gasteiger charge is -2.08. The van der Waals surface area contributed by atoms with E-state index in [0.717, 1.165) is 17.9 Å². The van der Waals surface area contributed by atoms with Crippen LogP contribution in [-0.4, -0.2) is 12.3 Å². The predicted octanol–water partition coefficient (Wildman–Crippen LogP) is 3.51. The Labute approximate surface area is 91.7 Å². The summed E-state index contributed by atoms with van der Waals surface area (Å²) in [6.45, 7) is 4.29. The first kappa shape index (κ1) is 11.5. The third-order valence-electron chi connectivity index (χ3n) is 2.20. The van der Waals surface area contributed by atoms with E-state index in [9.17, 15) is 0 Å². The standard InChI is InChI=1S/C12H15PS/c1-3-13(14,4-2)11-10-12-8-6-5-7-9-12/h5-9H,3-4H2,1-2H3. The average Bonchev–Trinajstić information content (AvgIpc) is 2.27. The highest BCUT2D eigenvalue weighted by Gasteiger charge is 2.06. The Bertz CT molecular complexity index is 376. The summed E-state index contributed by atoms with van der Waals surface area (Å²) >= 11 is 5.54. The first-order chi connectivity index (χ1) is 6.70. The van der Waals surface area contributed by atoms with Crippen molar-refractivity contribution in [2.75, 3.05) is 12.3 Å². The van der Waals surface area contributed by atoms with Crippen molar-refractivity contribution in [1.82, 2.24) is 0 Å². The number of hydrogen-bond donors (Lipinski definition) is 0. The molecule has 14 heavy (non-hydrogen) atoms. The van der Waals surface area contributed by atoms with E-state index < -0.39 is 6.04 Å². The lowest BCUT2D eigenvalue weighted by molar-refractivity contribution is 1.42. The summed E-state index contributed by atoms with van der Waals surface area (Å²) in [4.78, 5) is 0. The molecule has 74 valence electrons. The van der Waals surface area contributed by atoms with Crippen molar-refractivity contribution in [3.63, 3.8) is 0 Å². The fraction of sp³-hybridized carbons (Fsp3) is 0.333. The molecule has 0 radical (unpaired) electrons. The summed E-state index contributed by atoms with van der Waals surface area (Å²) in [5, 5.41) is 0. The first-order valence-corrected chi connectivity index (χ1v) is 8.04. The zero-order valence-electron chi connectivity index (χ0n) is 8.66. The van der Waals surface area contributed by atoms with E-state index in [4.69, 9.17) is 11.8 Å². The van der Waals surface area contributed by atoms with Crippen LogP contribution in [0.4, 0.5) is 0 Å². The van der Waals surface area contributed by atoms with Crippen LogP contribution in [0.3, 0.4) is 0 Å². The Morgan fingerprint density at radius 3 is 2.21 bits per heavy atom. The molecular weight excluding hydrogens is 207 g/mol. The van der Waals surface area contributed by atoms with Crippen LogP contribution in [-0.2, 0) is 11.8 Å². The molecule has 1 rings (SSSR count). The van der Waals surface area contributed by atoms with Gasteiger partial charge in [0.2, 0.25) is 0 Å². The predicted molar refractivity (Wildman–Crippen MR) is 68.7 cm³/mol. The minimum Gasteiger partial charge on any atom is -0.0837 e. The second-order valence-corrected chi connectivity index (χ2v) is 8.49. The van der Waals surface area contributed by atoms with Gasteiger partial charge >= 0.3 is 0 Å². The van der Waals surface area contributed by atoms with Gasteiger partial charge in [0.15, 0.2) is 0 Å². The lowest BCUT2D eigenvalue weighted by Crippen LogP contribution is -1.84. The van der Waals surface area contributed by atoms with E-state index in [1.165, 1.54) is 0 Å². The van der Waals surface area contributed by atoms with Crippen LogP contribution in [0.25, 0.3) is 0 Å². The minimum atomic E-state index is -1.37. The quantitative estimate of drug-likeness (QED) is 0.545. The molecular formula is C12H15PS. The highest BCUT2D eigenvalue weighted by Crippen LogP contribution is 2.43. The number of rotatable bonds is 2. The molecule has 1 aromatic rings. The molecule has 0 unspecified atom stereocenters. The molecule has 0 saturated heterocycles. The van der Waals surface area contributed by atoms with Crippen molar-refractivity contribution in [1.29, 1.82) is 0 Å². The molecule has 0 amide bonds. The molecule has 0 atom stereocenters. The molecule has 0 aromatic heterocycles. The van der Waals surface area contributed by atoms with Crippen molar-refractivity contribution >= 4 is 17.8 Å². The molecule has 0 aliphatic heterocycles. The second kappa shape index (κ2) is 5.35. The fourth-order valence-corrected chi connectivity index (χ4v) is 2.30. The summed E-state index contributed by atoms with van der Waals surface area (Å²) < 4.78 is 0. The summed E-state index contributed by atoms with van der Waals surface area (Å²) in [6.07, 6.45) is 2.08. The zero-order valence-corrected chi connectivity index (χ0v) is 10.4. The van der Waals surface area contributed by atoms with Gasteiger partial charge in [-0.3, -0.25) is 0 Å². The van der Waals surface area contributed by atoms with Crippen LogP contribution >= 0.6 is 6.04 Å². The van der Waals surface area contributed by atoms with Crippen molar-refractivity contribution in [3.05, 3.63) is 35.9 Å². The van der Waals surface area contributed by atoms with Gasteiger partial charge in [-0.1, -0.05) is 55.4 Å². The van der Waals surface area contributed by atoms with E-state index in [2.05, 4.69) is 25.4 Å². The second-order valence-electron chi connectivity index (χ2n) is 3.12. The van der Waals surface area contributed by atoms with Crippen molar-refractivity contribution in [2.24, 2.45) is 0 Å². The van der Waals surface area contributed by atoms with Crippen LogP contribution in [0.2, 0.25) is 0 Å². The van der Waals surface area contributed by atoms with Crippen molar-refractivity contribution < 1.29 is 0 Å². The first-order valence-electron chi connectivity index (χ1n) is 4.86. The molecule has 0 N–H and O–H groups in total. The van der Waals surface area contributed by atoms with Crippen LogP contribution in [0.15, 0.2) is 30.3 Å². The lowest BCUT2D eigenvalue weighted by atomic mass is 10.2. The third-order valence-corrected chi connectivity index (χ3v) is 6.59. The van der Waals surface area contributed by atoms with Gasteiger partial charge < -0.3 is 0 Å². The molecule has 0 heterocycles. The van der Waals surface area contributed by atoms with Gasteiger partial charge in [-0.05, 0) is 24.5 Å². The molecule has 1 aromatic carbocycles. The van der Waals surface area contributed by atoms with Gasteiger partial charge in [0.25, 0.3) is 0 Å². The van der Waals surface area contributed by atoms with E-state index in [-0.39, 0.29) is 0 Å².